The first kappa shape index (κ1) is 19.3. The van der Waals surface area contributed by atoms with Crippen LogP contribution in [0.25, 0.3) is 0 Å². The number of nitrogens with two attached hydrogens (primary N) is 1. The van der Waals surface area contributed by atoms with Gasteiger partial charge in [0.1, 0.15) is 5.75 Å². The van der Waals surface area contributed by atoms with Gasteiger partial charge in [0.05, 0.1) is 18.2 Å². The average Bonchev–Trinajstić information content (AvgIpc) is 2.60. The molecule has 0 unspecified atom stereocenters. The molecule has 8 nitrogen and oxygen atoms in total. The van der Waals surface area contributed by atoms with E-state index in [1.807, 2.05) is 6.92 Å². The number of carbonyl (C=O) groups is 3. The molecule has 0 aliphatic carbocycles. The second-order valence-corrected chi connectivity index (χ2v) is 5.69. The average molecular weight is 361 g/mol. The van der Waals surface area contributed by atoms with Gasteiger partial charge in [0.25, 0.3) is 5.91 Å². The minimum absolute atomic E-state index is 0.211. The lowest BCUT2D eigenvalue weighted by molar-refractivity contribution is -0.139. The molecule has 0 saturated carbocycles. The number of urea groups is 1. The van der Waals surface area contributed by atoms with Crippen molar-refractivity contribution in [1.82, 2.24) is 10.6 Å². The summed E-state index contributed by atoms with van der Waals surface area (Å²) in [6.07, 6.45) is 1.26. The van der Waals surface area contributed by atoms with Crippen LogP contribution in [-0.2, 0) is 14.3 Å². The molecule has 4 N–H and O–H groups in total. The number of benzene rings is 1. The Morgan fingerprint density at radius 1 is 1.23 bits per heavy atom. The minimum atomic E-state index is -0.756. The number of primary amides is 1. The number of hydrogen-bond donors (Lipinski definition) is 3. The molecule has 1 aliphatic rings. The standard InChI is InChI=1S/C18H23N3O5/c1-3-7-12-15(17(23)25-4-2)16(21-18(24)20-12)11-8-5-6-9-13(11)26-10-14(19)22/h5-6,8-9,16H,3-4,7,10H2,1-2H3,(H2,19,22)(H2,20,21,24)/t16-/m0/s1. The molecule has 1 heterocycles. The van der Waals surface area contributed by atoms with Crippen molar-refractivity contribution >= 4 is 17.9 Å². The van der Waals surface area contributed by atoms with Crippen LogP contribution in [0.4, 0.5) is 4.79 Å². The lowest BCUT2D eigenvalue weighted by Crippen LogP contribution is -2.46. The fraction of sp³-hybridized carbons (Fsp3) is 0.389. The zero-order valence-electron chi connectivity index (χ0n) is 14.8. The molecule has 1 atom stereocenters. The largest absolute Gasteiger partial charge is 0.483 e. The normalized spacial score (nSPS) is 16.5. The van der Waals surface area contributed by atoms with E-state index in [4.69, 9.17) is 15.2 Å². The van der Waals surface area contributed by atoms with Crippen LogP contribution in [0.3, 0.4) is 0 Å². The van der Waals surface area contributed by atoms with Gasteiger partial charge in [-0.15, -0.1) is 0 Å². The third kappa shape index (κ3) is 4.53. The molecule has 0 radical (unpaired) electrons. The van der Waals surface area contributed by atoms with Crippen LogP contribution < -0.4 is 21.1 Å². The lowest BCUT2D eigenvalue weighted by atomic mass is 9.93. The van der Waals surface area contributed by atoms with E-state index >= 15 is 0 Å². The molecule has 26 heavy (non-hydrogen) atoms. The first-order chi connectivity index (χ1) is 12.5. The Morgan fingerprint density at radius 3 is 2.62 bits per heavy atom. The van der Waals surface area contributed by atoms with Crippen LogP contribution in [0.15, 0.2) is 35.5 Å². The van der Waals surface area contributed by atoms with Crippen molar-refractivity contribution in [2.75, 3.05) is 13.2 Å². The molecule has 1 aromatic carbocycles. The van der Waals surface area contributed by atoms with E-state index in [-0.39, 0.29) is 13.2 Å². The van der Waals surface area contributed by atoms with E-state index in [2.05, 4.69) is 10.6 Å². The van der Waals surface area contributed by atoms with E-state index in [1.54, 1.807) is 31.2 Å². The number of para-hydroxylation sites is 1. The summed E-state index contributed by atoms with van der Waals surface area (Å²) in [5.41, 5.74) is 6.52. The fourth-order valence-corrected chi connectivity index (χ4v) is 2.75. The molecule has 1 aromatic rings. The predicted molar refractivity (Wildman–Crippen MR) is 94.1 cm³/mol. The van der Waals surface area contributed by atoms with Crippen LogP contribution in [0.1, 0.15) is 38.3 Å². The zero-order valence-corrected chi connectivity index (χ0v) is 14.8. The van der Waals surface area contributed by atoms with Gasteiger partial charge in [0.15, 0.2) is 6.61 Å². The maximum Gasteiger partial charge on any atom is 0.338 e. The summed E-state index contributed by atoms with van der Waals surface area (Å²) in [5, 5.41) is 5.42. The summed E-state index contributed by atoms with van der Waals surface area (Å²) >= 11 is 0. The second kappa shape index (κ2) is 8.89. The smallest absolute Gasteiger partial charge is 0.338 e. The first-order valence-electron chi connectivity index (χ1n) is 8.45. The van der Waals surface area contributed by atoms with Gasteiger partial charge in [-0.2, -0.15) is 0 Å². The van der Waals surface area contributed by atoms with Crippen molar-refractivity contribution < 1.29 is 23.9 Å². The minimum Gasteiger partial charge on any atom is -0.483 e. The highest BCUT2D eigenvalue weighted by atomic mass is 16.5. The Balaban J connectivity index is 2.50. The van der Waals surface area contributed by atoms with E-state index < -0.39 is 23.9 Å². The fourth-order valence-electron chi connectivity index (χ4n) is 2.75. The summed E-state index contributed by atoms with van der Waals surface area (Å²) < 4.78 is 10.6. The maximum absolute atomic E-state index is 12.6. The third-order valence-electron chi connectivity index (χ3n) is 3.75. The van der Waals surface area contributed by atoms with Crippen molar-refractivity contribution in [3.63, 3.8) is 0 Å². The number of esters is 1. The first-order valence-corrected chi connectivity index (χ1v) is 8.45. The number of carbonyl (C=O) groups excluding carboxylic acids is 3. The molecular weight excluding hydrogens is 338 g/mol. The van der Waals surface area contributed by atoms with E-state index in [0.29, 0.717) is 29.0 Å². The Labute approximate surface area is 151 Å². The number of amides is 3. The molecule has 0 spiro atoms. The molecule has 0 bridgehead atoms. The Bertz CT molecular complexity index is 729. The van der Waals surface area contributed by atoms with Crippen LogP contribution in [0, 0.1) is 0 Å². The van der Waals surface area contributed by atoms with Gasteiger partial charge >= 0.3 is 12.0 Å². The van der Waals surface area contributed by atoms with Crippen molar-refractivity contribution in [3.05, 3.63) is 41.1 Å². The summed E-state index contributed by atoms with van der Waals surface area (Å²) in [5.74, 6) is -0.781. The monoisotopic (exact) mass is 361 g/mol. The van der Waals surface area contributed by atoms with Crippen LogP contribution in [0.2, 0.25) is 0 Å². The van der Waals surface area contributed by atoms with E-state index in [0.717, 1.165) is 6.42 Å². The number of nitrogens with one attached hydrogen (secondary N) is 2. The predicted octanol–water partition coefficient (Wildman–Crippen LogP) is 1.52. The Kier molecular flexibility index (Phi) is 6.60. The van der Waals surface area contributed by atoms with E-state index in [9.17, 15) is 14.4 Å². The highest BCUT2D eigenvalue weighted by molar-refractivity contribution is 5.95. The van der Waals surface area contributed by atoms with E-state index in [1.165, 1.54) is 0 Å². The van der Waals surface area contributed by atoms with Crippen LogP contribution >= 0.6 is 0 Å². The van der Waals surface area contributed by atoms with Gasteiger partial charge in [-0.1, -0.05) is 31.5 Å². The van der Waals surface area contributed by atoms with Gasteiger partial charge < -0.3 is 25.8 Å². The topological polar surface area (TPSA) is 120 Å². The number of hydrogen-bond acceptors (Lipinski definition) is 5. The van der Waals surface area contributed by atoms with Crippen molar-refractivity contribution in [2.45, 2.75) is 32.7 Å². The Hall–Kier alpha value is -3.03. The maximum atomic E-state index is 12.6. The molecule has 3 amide bonds. The van der Waals surface area contributed by atoms with Gasteiger partial charge in [-0.3, -0.25) is 4.79 Å². The molecule has 0 saturated heterocycles. The zero-order chi connectivity index (χ0) is 19.1. The Morgan fingerprint density at radius 2 is 1.96 bits per heavy atom. The third-order valence-corrected chi connectivity index (χ3v) is 3.75. The number of allylic oxidation sites excluding steroid dienone is 1. The van der Waals surface area contributed by atoms with Gasteiger partial charge in [-0.25, -0.2) is 9.59 Å². The summed E-state index contributed by atoms with van der Waals surface area (Å²) in [4.78, 5) is 35.7. The molecule has 0 fully saturated rings. The van der Waals surface area contributed by atoms with Crippen molar-refractivity contribution in [1.29, 1.82) is 0 Å². The van der Waals surface area contributed by atoms with Gasteiger partial charge in [0.2, 0.25) is 0 Å². The van der Waals surface area contributed by atoms with Gasteiger partial charge in [-0.05, 0) is 19.4 Å². The number of ether oxygens (including phenoxy) is 2. The van der Waals surface area contributed by atoms with Crippen LogP contribution in [-0.4, -0.2) is 31.1 Å². The second-order valence-electron chi connectivity index (χ2n) is 5.69. The molecule has 2 rings (SSSR count). The lowest BCUT2D eigenvalue weighted by Gasteiger charge is -2.30. The highest BCUT2D eigenvalue weighted by Gasteiger charge is 2.34. The van der Waals surface area contributed by atoms with Gasteiger partial charge in [0, 0.05) is 11.3 Å². The molecule has 140 valence electrons. The van der Waals surface area contributed by atoms with Crippen LogP contribution in [0.5, 0.6) is 5.75 Å². The summed E-state index contributed by atoms with van der Waals surface area (Å²) in [7, 11) is 0. The number of rotatable bonds is 8. The molecule has 0 aromatic heterocycles. The van der Waals surface area contributed by atoms with Crippen molar-refractivity contribution in [3.8, 4) is 5.75 Å². The quantitative estimate of drug-likeness (QED) is 0.607. The molecular formula is C18H23N3O5. The molecule has 1 aliphatic heterocycles. The van der Waals surface area contributed by atoms with Crippen molar-refractivity contribution in [2.24, 2.45) is 5.73 Å². The molecule has 8 heteroatoms. The highest BCUT2D eigenvalue weighted by Crippen LogP contribution is 2.34. The SMILES string of the molecule is CCCC1=C(C(=O)OCC)[C@H](c2ccccc2OCC(N)=O)NC(=O)N1. The summed E-state index contributed by atoms with van der Waals surface area (Å²) in [6.45, 7) is 3.56. The summed E-state index contributed by atoms with van der Waals surface area (Å²) in [6, 6.07) is 5.67.